The molecule has 1 aromatic heterocycles. The average molecular weight is 264 g/mol. The molecule has 1 fully saturated rings. The first kappa shape index (κ1) is 11.5. The Bertz CT molecular complexity index is 561. The number of rotatable bonds is 2. The Balaban J connectivity index is 1.94. The van der Waals surface area contributed by atoms with E-state index < -0.39 is 0 Å². The highest BCUT2D eigenvalue weighted by molar-refractivity contribution is 6.33. The molecule has 0 bridgehead atoms. The normalized spacial score (nSPS) is 16.3. The molecule has 2 N–H and O–H groups in total. The zero-order valence-electron chi connectivity index (χ0n) is 9.90. The highest BCUT2D eigenvalue weighted by Gasteiger charge is 2.23. The SMILES string of the molecule is Nc1ccc(Cl)c(-c2nc(C3CCCC3)no2)c1. The predicted octanol–water partition coefficient (Wildman–Crippen LogP) is 3.63. The number of nitrogen functional groups attached to an aromatic ring is 1. The molecule has 18 heavy (non-hydrogen) atoms. The van der Waals surface area contributed by atoms with Crippen LogP contribution in [0.3, 0.4) is 0 Å². The smallest absolute Gasteiger partial charge is 0.259 e. The van der Waals surface area contributed by atoms with Gasteiger partial charge in [0.15, 0.2) is 5.82 Å². The van der Waals surface area contributed by atoms with Crippen molar-refractivity contribution in [2.45, 2.75) is 31.6 Å². The van der Waals surface area contributed by atoms with Crippen LogP contribution in [0.5, 0.6) is 0 Å². The van der Waals surface area contributed by atoms with Gasteiger partial charge in [0, 0.05) is 11.6 Å². The number of nitrogens with zero attached hydrogens (tertiary/aromatic N) is 2. The summed E-state index contributed by atoms with van der Waals surface area (Å²) in [5, 5.41) is 4.63. The van der Waals surface area contributed by atoms with Crippen LogP contribution in [0.2, 0.25) is 5.02 Å². The second-order valence-corrected chi connectivity index (χ2v) is 5.09. The molecule has 3 rings (SSSR count). The van der Waals surface area contributed by atoms with Crippen molar-refractivity contribution in [3.8, 4) is 11.5 Å². The molecule has 1 heterocycles. The van der Waals surface area contributed by atoms with Crippen molar-refractivity contribution in [2.75, 3.05) is 5.73 Å². The molecule has 2 aromatic rings. The quantitative estimate of drug-likeness (QED) is 0.841. The highest BCUT2D eigenvalue weighted by Crippen LogP contribution is 2.34. The van der Waals surface area contributed by atoms with Gasteiger partial charge in [0.05, 0.1) is 10.6 Å². The van der Waals surface area contributed by atoms with E-state index in [4.69, 9.17) is 21.9 Å². The van der Waals surface area contributed by atoms with Crippen LogP contribution in [-0.4, -0.2) is 10.1 Å². The summed E-state index contributed by atoms with van der Waals surface area (Å²) in [5.41, 5.74) is 7.08. The van der Waals surface area contributed by atoms with Gasteiger partial charge in [0.25, 0.3) is 5.89 Å². The van der Waals surface area contributed by atoms with Gasteiger partial charge in [0.1, 0.15) is 0 Å². The zero-order valence-corrected chi connectivity index (χ0v) is 10.7. The summed E-state index contributed by atoms with van der Waals surface area (Å²) in [4.78, 5) is 4.45. The summed E-state index contributed by atoms with van der Waals surface area (Å²) in [5.74, 6) is 1.68. The van der Waals surface area contributed by atoms with Crippen LogP contribution in [0.1, 0.15) is 37.4 Å². The first-order chi connectivity index (χ1) is 8.74. The second-order valence-electron chi connectivity index (χ2n) is 4.68. The van der Waals surface area contributed by atoms with E-state index in [1.165, 1.54) is 12.8 Å². The number of nitrogens with two attached hydrogens (primary N) is 1. The Kier molecular flexibility index (Phi) is 2.96. The second kappa shape index (κ2) is 4.61. The maximum absolute atomic E-state index is 6.12. The summed E-state index contributed by atoms with van der Waals surface area (Å²) in [6.07, 6.45) is 4.77. The van der Waals surface area contributed by atoms with Crippen LogP contribution >= 0.6 is 11.6 Å². The molecular formula is C13H14ClN3O. The van der Waals surface area contributed by atoms with Gasteiger partial charge in [-0.3, -0.25) is 0 Å². The van der Waals surface area contributed by atoms with Gasteiger partial charge in [-0.2, -0.15) is 4.98 Å². The fourth-order valence-electron chi connectivity index (χ4n) is 2.40. The minimum absolute atomic E-state index is 0.433. The third-order valence-corrected chi connectivity index (χ3v) is 3.71. The lowest BCUT2D eigenvalue weighted by atomic mass is 10.1. The largest absolute Gasteiger partial charge is 0.399 e. The Labute approximate surface area is 110 Å². The first-order valence-corrected chi connectivity index (χ1v) is 6.51. The van der Waals surface area contributed by atoms with Crippen LogP contribution in [0.15, 0.2) is 22.7 Å². The van der Waals surface area contributed by atoms with Crippen molar-refractivity contribution in [3.63, 3.8) is 0 Å². The monoisotopic (exact) mass is 263 g/mol. The van der Waals surface area contributed by atoms with Crippen molar-refractivity contribution in [2.24, 2.45) is 0 Å². The Morgan fingerprint density at radius 3 is 2.83 bits per heavy atom. The lowest BCUT2D eigenvalue weighted by Crippen LogP contribution is -1.94. The van der Waals surface area contributed by atoms with E-state index in [2.05, 4.69) is 10.1 Å². The molecule has 0 unspecified atom stereocenters. The molecule has 94 valence electrons. The van der Waals surface area contributed by atoms with E-state index in [1.54, 1.807) is 18.2 Å². The Morgan fingerprint density at radius 2 is 2.06 bits per heavy atom. The number of benzene rings is 1. The minimum Gasteiger partial charge on any atom is -0.399 e. The molecule has 0 saturated heterocycles. The van der Waals surface area contributed by atoms with Crippen LogP contribution in [0.4, 0.5) is 5.69 Å². The lowest BCUT2D eigenvalue weighted by Gasteiger charge is -2.01. The van der Waals surface area contributed by atoms with E-state index >= 15 is 0 Å². The number of aromatic nitrogens is 2. The number of halogens is 1. The molecule has 0 aliphatic heterocycles. The lowest BCUT2D eigenvalue weighted by molar-refractivity contribution is 0.416. The van der Waals surface area contributed by atoms with Gasteiger partial charge < -0.3 is 10.3 Å². The summed E-state index contributed by atoms with van der Waals surface area (Å²) >= 11 is 6.12. The molecule has 5 heteroatoms. The molecule has 0 amide bonds. The number of hydrogen-bond acceptors (Lipinski definition) is 4. The maximum Gasteiger partial charge on any atom is 0.259 e. The molecule has 1 aliphatic rings. The van der Waals surface area contributed by atoms with Gasteiger partial charge >= 0.3 is 0 Å². The van der Waals surface area contributed by atoms with Gasteiger partial charge in [0.2, 0.25) is 0 Å². The average Bonchev–Trinajstić information content (AvgIpc) is 3.00. The Hall–Kier alpha value is -1.55. The molecule has 0 spiro atoms. The topological polar surface area (TPSA) is 64.9 Å². The predicted molar refractivity (Wildman–Crippen MR) is 70.4 cm³/mol. The molecule has 0 atom stereocenters. The number of anilines is 1. The minimum atomic E-state index is 0.433. The van der Waals surface area contributed by atoms with E-state index in [0.717, 1.165) is 18.7 Å². The molecule has 0 radical (unpaired) electrons. The van der Waals surface area contributed by atoms with Crippen LogP contribution in [0.25, 0.3) is 11.5 Å². The summed E-state index contributed by atoms with van der Waals surface area (Å²) in [7, 11) is 0. The van der Waals surface area contributed by atoms with Gasteiger partial charge in [-0.1, -0.05) is 29.6 Å². The van der Waals surface area contributed by atoms with Gasteiger partial charge in [-0.15, -0.1) is 0 Å². The first-order valence-electron chi connectivity index (χ1n) is 6.13. The fraction of sp³-hybridized carbons (Fsp3) is 0.385. The van der Waals surface area contributed by atoms with E-state index in [1.807, 2.05) is 0 Å². The molecule has 4 nitrogen and oxygen atoms in total. The van der Waals surface area contributed by atoms with Crippen molar-refractivity contribution in [3.05, 3.63) is 29.0 Å². The zero-order chi connectivity index (χ0) is 12.5. The Morgan fingerprint density at radius 1 is 1.28 bits per heavy atom. The standard InChI is InChI=1S/C13H14ClN3O/c14-11-6-5-9(15)7-10(11)13-16-12(17-18-13)8-3-1-2-4-8/h5-8H,1-4,15H2. The van der Waals surface area contributed by atoms with Crippen molar-refractivity contribution in [1.82, 2.24) is 10.1 Å². The van der Waals surface area contributed by atoms with E-state index in [0.29, 0.717) is 28.1 Å². The van der Waals surface area contributed by atoms with Crippen molar-refractivity contribution in [1.29, 1.82) is 0 Å². The van der Waals surface area contributed by atoms with Crippen LogP contribution < -0.4 is 5.73 Å². The third kappa shape index (κ3) is 2.08. The van der Waals surface area contributed by atoms with Gasteiger partial charge in [-0.05, 0) is 31.0 Å². The van der Waals surface area contributed by atoms with Crippen molar-refractivity contribution < 1.29 is 4.52 Å². The summed E-state index contributed by atoms with van der Waals surface area (Å²) in [6.45, 7) is 0. The molecular weight excluding hydrogens is 250 g/mol. The van der Waals surface area contributed by atoms with E-state index in [9.17, 15) is 0 Å². The summed E-state index contributed by atoms with van der Waals surface area (Å²) < 4.78 is 5.30. The molecule has 1 aliphatic carbocycles. The van der Waals surface area contributed by atoms with Crippen LogP contribution in [-0.2, 0) is 0 Å². The summed E-state index contributed by atoms with van der Waals surface area (Å²) in [6, 6.07) is 5.25. The van der Waals surface area contributed by atoms with E-state index in [-0.39, 0.29) is 0 Å². The molecule has 1 saturated carbocycles. The highest BCUT2D eigenvalue weighted by atomic mass is 35.5. The van der Waals surface area contributed by atoms with Crippen LogP contribution in [0, 0.1) is 0 Å². The fourth-order valence-corrected chi connectivity index (χ4v) is 2.60. The van der Waals surface area contributed by atoms with Crippen molar-refractivity contribution >= 4 is 17.3 Å². The van der Waals surface area contributed by atoms with Gasteiger partial charge in [-0.25, -0.2) is 0 Å². The number of hydrogen-bond donors (Lipinski definition) is 1. The third-order valence-electron chi connectivity index (χ3n) is 3.38. The maximum atomic E-state index is 6.12. The molecule has 1 aromatic carbocycles.